The van der Waals surface area contributed by atoms with Gasteiger partial charge in [0.25, 0.3) is 0 Å². The van der Waals surface area contributed by atoms with Crippen molar-refractivity contribution in [3.05, 3.63) is 43.8 Å². The van der Waals surface area contributed by atoms with Crippen LogP contribution in [0.3, 0.4) is 0 Å². The number of halogens is 1. The van der Waals surface area contributed by atoms with E-state index >= 15 is 0 Å². The van der Waals surface area contributed by atoms with Crippen molar-refractivity contribution in [2.24, 2.45) is 0 Å². The molecule has 0 amide bonds. The van der Waals surface area contributed by atoms with Crippen LogP contribution in [0, 0.1) is 13.8 Å². The van der Waals surface area contributed by atoms with Gasteiger partial charge in [0.1, 0.15) is 17.4 Å². The molecule has 1 aromatic carbocycles. The number of hydrogen-bond donors (Lipinski definition) is 1. The Labute approximate surface area is 132 Å². The van der Waals surface area contributed by atoms with Crippen molar-refractivity contribution in [3.8, 4) is 5.75 Å². The first-order chi connectivity index (χ1) is 9.60. The Hall–Kier alpha value is -0.910. The molecule has 0 aliphatic heterocycles. The van der Waals surface area contributed by atoms with Gasteiger partial charge in [-0.05, 0) is 54.0 Å². The number of rotatable bonds is 6. The molecule has 108 valence electrons. The molecule has 1 N–H and O–H groups in total. The fourth-order valence-corrected chi connectivity index (χ4v) is 3.17. The number of hydrogen-bond acceptors (Lipinski definition) is 4. The molecular weight excluding hydrogens is 336 g/mol. The quantitative estimate of drug-likeness (QED) is 0.843. The van der Waals surface area contributed by atoms with Gasteiger partial charge in [-0.1, -0.05) is 13.0 Å². The number of nitrogens with one attached hydrogen (secondary N) is 1. The summed E-state index contributed by atoms with van der Waals surface area (Å²) in [5.41, 5.74) is 2.33. The number of ether oxygens (including phenoxy) is 1. The number of aromatic nitrogens is 1. The Bertz CT molecular complexity index is 564. The van der Waals surface area contributed by atoms with E-state index in [2.05, 4.69) is 52.2 Å². The molecule has 0 unspecified atom stereocenters. The lowest BCUT2D eigenvalue weighted by Gasteiger charge is -2.09. The van der Waals surface area contributed by atoms with Gasteiger partial charge in [0.15, 0.2) is 0 Å². The molecule has 0 radical (unpaired) electrons. The summed E-state index contributed by atoms with van der Waals surface area (Å²) in [6, 6.07) is 6.18. The third-order valence-electron chi connectivity index (χ3n) is 3.00. The highest BCUT2D eigenvalue weighted by Gasteiger charge is 2.07. The molecule has 0 bridgehead atoms. The SMILES string of the molecule is CCNCc1ccc(OCc2nc(C)c(C)s2)c(Br)c1. The molecule has 0 saturated heterocycles. The van der Waals surface area contributed by atoms with Gasteiger partial charge in [-0.2, -0.15) is 0 Å². The zero-order chi connectivity index (χ0) is 14.5. The molecule has 1 heterocycles. The van der Waals surface area contributed by atoms with Gasteiger partial charge in [-0.15, -0.1) is 11.3 Å². The van der Waals surface area contributed by atoms with Gasteiger partial charge >= 0.3 is 0 Å². The molecule has 1 aromatic heterocycles. The van der Waals surface area contributed by atoms with E-state index in [-0.39, 0.29) is 0 Å². The van der Waals surface area contributed by atoms with E-state index in [0.29, 0.717) is 6.61 Å². The van der Waals surface area contributed by atoms with E-state index in [1.54, 1.807) is 11.3 Å². The van der Waals surface area contributed by atoms with Crippen molar-refractivity contribution in [1.29, 1.82) is 0 Å². The predicted molar refractivity (Wildman–Crippen MR) is 87.4 cm³/mol. The highest BCUT2D eigenvalue weighted by Crippen LogP contribution is 2.27. The molecule has 5 heteroatoms. The molecule has 0 spiro atoms. The zero-order valence-corrected chi connectivity index (χ0v) is 14.4. The lowest BCUT2D eigenvalue weighted by molar-refractivity contribution is 0.303. The minimum absolute atomic E-state index is 0.518. The van der Waals surface area contributed by atoms with Gasteiger partial charge in [-0.3, -0.25) is 0 Å². The summed E-state index contributed by atoms with van der Waals surface area (Å²) in [5.74, 6) is 0.857. The Morgan fingerprint density at radius 1 is 1.35 bits per heavy atom. The monoisotopic (exact) mass is 354 g/mol. The van der Waals surface area contributed by atoms with Crippen LogP contribution in [-0.2, 0) is 13.2 Å². The fourth-order valence-electron chi connectivity index (χ4n) is 1.78. The van der Waals surface area contributed by atoms with Crippen molar-refractivity contribution >= 4 is 27.3 Å². The Morgan fingerprint density at radius 2 is 2.15 bits per heavy atom. The van der Waals surface area contributed by atoms with Crippen molar-refractivity contribution < 1.29 is 4.74 Å². The first-order valence-electron chi connectivity index (χ1n) is 6.65. The van der Waals surface area contributed by atoms with Crippen molar-refractivity contribution in [1.82, 2.24) is 10.3 Å². The molecule has 2 rings (SSSR count). The van der Waals surface area contributed by atoms with Crippen molar-refractivity contribution in [3.63, 3.8) is 0 Å². The summed E-state index contributed by atoms with van der Waals surface area (Å²) < 4.78 is 6.82. The number of nitrogens with zero attached hydrogens (tertiary/aromatic N) is 1. The van der Waals surface area contributed by atoms with Crippen LogP contribution in [0.15, 0.2) is 22.7 Å². The highest BCUT2D eigenvalue weighted by molar-refractivity contribution is 9.10. The van der Waals surface area contributed by atoms with E-state index in [0.717, 1.165) is 34.0 Å². The van der Waals surface area contributed by atoms with Crippen molar-refractivity contribution in [2.75, 3.05) is 6.54 Å². The molecule has 0 atom stereocenters. The summed E-state index contributed by atoms with van der Waals surface area (Å²) in [4.78, 5) is 5.73. The average Bonchev–Trinajstić information content (AvgIpc) is 2.74. The minimum Gasteiger partial charge on any atom is -0.485 e. The molecule has 20 heavy (non-hydrogen) atoms. The Kier molecular flexibility index (Phi) is 5.57. The van der Waals surface area contributed by atoms with Crippen LogP contribution in [0.5, 0.6) is 5.75 Å². The third-order valence-corrected chi connectivity index (χ3v) is 4.67. The first kappa shape index (κ1) is 15.5. The standard InChI is InChI=1S/C15H19BrN2OS/c1-4-17-8-12-5-6-14(13(16)7-12)19-9-15-18-10(2)11(3)20-15/h5-7,17H,4,8-9H2,1-3H3. The number of aryl methyl sites for hydroxylation is 2. The van der Waals surface area contributed by atoms with Gasteiger partial charge in [0.2, 0.25) is 0 Å². The second-order valence-electron chi connectivity index (χ2n) is 4.58. The van der Waals surface area contributed by atoms with E-state index in [4.69, 9.17) is 4.74 Å². The maximum absolute atomic E-state index is 5.83. The molecule has 2 aromatic rings. The first-order valence-corrected chi connectivity index (χ1v) is 8.26. The average molecular weight is 355 g/mol. The molecule has 0 saturated carbocycles. The van der Waals surface area contributed by atoms with Crippen LogP contribution in [0.4, 0.5) is 0 Å². The van der Waals surface area contributed by atoms with Gasteiger partial charge in [0, 0.05) is 11.4 Å². The minimum atomic E-state index is 0.518. The lowest BCUT2D eigenvalue weighted by atomic mass is 10.2. The second kappa shape index (κ2) is 7.20. The van der Waals surface area contributed by atoms with Crippen LogP contribution in [0.1, 0.15) is 28.1 Å². The normalized spacial score (nSPS) is 10.8. The van der Waals surface area contributed by atoms with Crippen LogP contribution in [-0.4, -0.2) is 11.5 Å². The van der Waals surface area contributed by atoms with Gasteiger partial charge < -0.3 is 10.1 Å². The van der Waals surface area contributed by atoms with Crippen LogP contribution in [0.25, 0.3) is 0 Å². The fraction of sp³-hybridized carbons (Fsp3) is 0.400. The Morgan fingerprint density at radius 3 is 2.75 bits per heavy atom. The van der Waals surface area contributed by atoms with E-state index in [9.17, 15) is 0 Å². The predicted octanol–water partition coefficient (Wildman–Crippen LogP) is 4.21. The summed E-state index contributed by atoms with van der Waals surface area (Å²) in [5, 5.41) is 4.33. The van der Waals surface area contributed by atoms with Gasteiger partial charge in [-0.25, -0.2) is 4.98 Å². The van der Waals surface area contributed by atoms with E-state index in [1.165, 1.54) is 10.4 Å². The van der Waals surface area contributed by atoms with E-state index in [1.807, 2.05) is 13.0 Å². The van der Waals surface area contributed by atoms with Gasteiger partial charge in [0.05, 0.1) is 10.2 Å². The summed E-state index contributed by atoms with van der Waals surface area (Å²) in [6.07, 6.45) is 0. The largest absolute Gasteiger partial charge is 0.485 e. The topological polar surface area (TPSA) is 34.1 Å². The molecular formula is C15H19BrN2OS. The third kappa shape index (κ3) is 4.04. The number of benzene rings is 1. The van der Waals surface area contributed by atoms with Crippen molar-refractivity contribution in [2.45, 2.75) is 33.9 Å². The smallest absolute Gasteiger partial charge is 0.140 e. The zero-order valence-electron chi connectivity index (χ0n) is 12.0. The highest BCUT2D eigenvalue weighted by atomic mass is 79.9. The summed E-state index contributed by atoms with van der Waals surface area (Å²) in [6.45, 7) is 8.58. The maximum Gasteiger partial charge on any atom is 0.140 e. The van der Waals surface area contributed by atoms with Crippen LogP contribution in [0.2, 0.25) is 0 Å². The van der Waals surface area contributed by atoms with Crippen LogP contribution < -0.4 is 10.1 Å². The Balaban J connectivity index is 1.99. The second-order valence-corrected chi connectivity index (χ2v) is 6.73. The summed E-state index contributed by atoms with van der Waals surface area (Å²) >= 11 is 5.25. The molecule has 0 aliphatic rings. The van der Waals surface area contributed by atoms with Crippen LogP contribution >= 0.6 is 27.3 Å². The lowest BCUT2D eigenvalue weighted by Crippen LogP contribution is -2.11. The molecule has 0 fully saturated rings. The molecule has 3 nitrogen and oxygen atoms in total. The summed E-state index contributed by atoms with van der Waals surface area (Å²) in [7, 11) is 0. The molecule has 0 aliphatic carbocycles. The van der Waals surface area contributed by atoms with E-state index < -0.39 is 0 Å². The maximum atomic E-state index is 5.83. The number of thiazole rings is 1.